The first-order chi connectivity index (χ1) is 10.5. The molecular formula is C21H32O. The molecule has 3 aliphatic rings. The van der Waals surface area contributed by atoms with Crippen LogP contribution < -0.4 is 0 Å². The Hall–Kier alpha value is -0.820. The highest BCUT2D eigenvalue weighted by Crippen LogP contribution is 2.58. The van der Waals surface area contributed by atoms with Crippen molar-refractivity contribution in [2.24, 2.45) is 17.3 Å². The van der Waals surface area contributed by atoms with E-state index in [1.807, 2.05) is 0 Å². The van der Waals surface area contributed by atoms with Crippen molar-refractivity contribution >= 4 is 0 Å². The third-order valence-corrected chi connectivity index (χ3v) is 6.84. The standard InChI is InChI=1S/C21H32O/c1-4-18-10-12-20-16(6-5-13-21(18,20)3)8-9-17-14-19(22)11-7-15(17)2/h8-9,18-20,22H,2,4-7,10-14H2,1,3H3/b16-8+,17-9-/t18?,19-,20?,21?/m0/s1. The van der Waals surface area contributed by atoms with Gasteiger partial charge in [-0.05, 0) is 74.2 Å². The molecule has 0 saturated heterocycles. The van der Waals surface area contributed by atoms with Gasteiger partial charge < -0.3 is 5.11 Å². The van der Waals surface area contributed by atoms with Gasteiger partial charge in [-0.1, -0.05) is 50.1 Å². The summed E-state index contributed by atoms with van der Waals surface area (Å²) in [4.78, 5) is 0. The zero-order valence-electron chi connectivity index (χ0n) is 14.4. The van der Waals surface area contributed by atoms with Crippen LogP contribution in [0.4, 0.5) is 0 Å². The van der Waals surface area contributed by atoms with E-state index in [9.17, 15) is 5.11 Å². The van der Waals surface area contributed by atoms with Crippen LogP contribution in [-0.4, -0.2) is 11.2 Å². The Bertz CT molecular complexity index is 498. The predicted molar refractivity (Wildman–Crippen MR) is 93.6 cm³/mol. The molecule has 122 valence electrons. The number of aliphatic hydroxyl groups excluding tert-OH is 1. The largest absolute Gasteiger partial charge is 0.393 e. The van der Waals surface area contributed by atoms with Crippen LogP contribution in [0.1, 0.15) is 71.6 Å². The minimum absolute atomic E-state index is 0.164. The molecule has 1 heteroatoms. The van der Waals surface area contributed by atoms with Gasteiger partial charge >= 0.3 is 0 Å². The smallest absolute Gasteiger partial charge is 0.0583 e. The van der Waals surface area contributed by atoms with Crippen LogP contribution in [0.3, 0.4) is 0 Å². The summed E-state index contributed by atoms with van der Waals surface area (Å²) in [5.41, 5.74) is 4.73. The molecule has 3 saturated carbocycles. The fraction of sp³-hybridized carbons (Fsp3) is 0.714. The Morgan fingerprint density at radius 2 is 2.05 bits per heavy atom. The van der Waals surface area contributed by atoms with Gasteiger partial charge in [0, 0.05) is 0 Å². The van der Waals surface area contributed by atoms with Crippen LogP contribution in [0.2, 0.25) is 0 Å². The van der Waals surface area contributed by atoms with Gasteiger partial charge in [-0.15, -0.1) is 0 Å². The van der Waals surface area contributed by atoms with Gasteiger partial charge in [-0.2, -0.15) is 0 Å². The van der Waals surface area contributed by atoms with E-state index >= 15 is 0 Å². The number of hydrogen-bond donors (Lipinski definition) is 1. The molecule has 3 unspecified atom stereocenters. The summed E-state index contributed by atoms with van der Waals surface area (Å²) in [6.45, 7) is 9.10. The van der Waals surface area contributed by atoms with Gasteiger partial charge in [0.25, 0.3) is 0 Å². The van der Waals surface area contributed by atoms with Crippen molar-refractivity contribution in [3.63, 3.8) is 0 Å². The minimum Gasteiger partial charge on any atom is -0.393 e. The third kappa shape index (κ3) is 2.85. The Kier molecular flexibility index (Phi) is 4.64. The van der Waals surface area contributed by atoms with Crippen molar-refractivity contribution in [2.45, 2.75) is 77.7 Å². The summed E-state index contributed by atoms with van der Waals surface area (Å²) in [5.74, 6) is 1.71. The van der Waals surface area contributed by atoms with E-state index < -0.39 is 0 Å². The summed E-state index contributed by atoms with van der Waals surface area (Å²) in [6.07, 6.45) is 15.3. The molecule has 0 aliphatic heterocycles. The molecule has 1 N–H and O–H groups in total. The normalized spacial score (nSPS) is 42.9. The maximum Gasteiger partial charge on any atom is 0.0583 e. The van der Waals surface area contributed by atoms with E-state index in [0.29, 0.717) is 5.41 Å². The predicted octanol–water partition coefficient (Wildman–Crippen LogP) is 5.57. The second kappa shape index (κ2) is 6.35. The van der Waals surface area contributed by atoms with Crippen molar-refractivity contribution < 1.29 is 5.11 Å². The average molecular weight is 300 g/mol. The first-order valence-electron chi connectivity index (χ1n) is 9.30. The SMILES string of the molecule is C=C1CC[C@H](O)C/C1=C/C=C1\CCCC2(C)C(CC)CCC12. The molecule has 0 aromatic carbocycles. The van der Waals surface area contributed by atoms with Gasteiger partial charge in [0.1, 0.15) is 0 Å². The van der Waals surface area contributed by atoms with Crippen molar-refractivity contribution in [1.29, 1.82) is 0 Å². The van der Waals surface area contributed by atoms with Gasteiger partial charge in [0.2, 0.25) is 0 Å². The maximum atomic E-state index is 9.89. The zero-order chi connectivity index (χ0) is 15.7. The molecule has 0 heterocycles. The van der Waals surface area contributed by atoms with Gasteiger partial charge in [0.05, 0.1) is 6.10 Å². The number of rotatable bonds is 2. The quantitative estimate of drug-likeness (QED) is 0.707. The number of allylic oxidation sites excluding steroid dienone is 4. The van der Waals surface area contributed by atoms with Crippen LogP contribution in [-0.2, 0) is 0 Å². The Morgan fingerprint density at radius 1 is 1.23 bits per heavy atom. The lowest BCUT2D eigenvalue weighted by Gasteiger charge is -2.42. The summed E-state index contributed by atoms with van der Waals surface area (Å²) in [6, 6.07) is 0. The molecule has 3 fully saturated rings. The second-order valence-electron chi connectivity index (χ2n) is 8.03. The highest BCUT2D eigenvalue weighted by molar-refractivity contribution is 5.36. The Morgan fingerprint density at radius 3 is 2.82 bits per heavy atom. The lowest BCUT2D eigenvalue weighted by Crippen LogP contribution is -2.32. The molecule has 3 aliphatic carbocycles. The Labute approximate surface area is 136 Å². The monoisotopic (exact) mass is 300 g/mol. The number of aliphatic hydroxyl groups is 1. The average Bonchev–Trinajstić information content (AvgIpc) is 2.85. The third-order valence-electron chi connectivity index (χ3n) is 6.84. The van der Waals surface area contributed by atoms with Crippen LogP contribution in [0.25, 0.3) is 0 Å². The van der Waals surface area contributed by atoms with E-state index in [0.717, 1.165) is 31.1 Å². The minimum atomic E-state index is -0.164. The summed E-state index contributed by atoms with van der Waals surface area (Å²) < 4.78 is 0. The molecule has 1 nitrogen and oxygen atoms in total. The van der Waals surface area contributed by atoms with Crippen molar-refractivity contribution in [2.75, 3.05) is 0 Å². The van der Waals surface area contributed by atoms with E-state index in [1.165, 1.54) is 49.7 Å². The van der Waals surface area contributed by atoms with Gasteiger partial charge in [-0.25, -0.2) is 0 Å². The zero-order valence-corrected chi connectivity index (χ0v) is 14.4. The molecule has 0 spiro atoms. The van der Waals surface area contributed by atoms with Crippen LogP contribution in [0.15, 0.2) is 35.5 Å². The fourth-order valence-electron chi connectivity index (χ4n) is 5.41. The molecule has 22 heavy (non-hydrogen) atoms. The molecule has 0 amide bonds. The molecular weight excluding hydrogens is 268 g/mol. The van der Waals surface area contributed by atoms with Gasteiger partial charge in [0.15, 0.2) is 0 Å². The first-order valence-corrected chi connectivity index (χ1v) is 9.30. The first kappa shape index (κ1) is 16.1. The van der Waals surface area contributed by atoms with E-state index in [1.54, 1.807) is 5.57 Å². The summed E-state index contributed by atoms with van der Waals surface area (Å²) in [5, 5.41) is 9.89. The van der Waals surface area contributed by atoms with Crippen LogP contribution in [0, 0.1) is 17.3 Å². The van der Waals surface area contributed by atoms with E-state index in [2.05, 4.69) is 32.6 Å². The molecule has 0 aromatic heterocycles. The highest BCUT2D eigenvalue weighted by atomic mass is 16.3. The lowest BCUT2D eigenvalue weighted by molar-refractivity contribution is 0.133. The number of fused-ring (bicyclic) bond motifs is 1. The fourth-order valence-corrected chi connectivity index (χ4v) is 5.41. The molecule has 0 bridgehead atoms. The van der Waals surface area contributed by atoms with Crippen molar-refractivity contribution in [1.82, 2.24) is 0 Å². The summed E-state index contributed by atoms with van der Waals surface area (Å²) >= 11 is 0. The maximum absolute atomic E-state index is 9.89. The van der Waals surface area contributed by atoms with Crippen LogP contribution in [0.5, 0.6) is 0 Å². The van der Waals surface area contributed by atoms with Crippen molar-refractivity contribution in [3.8, 4) is 0 Å². The van der Waals surface area contributed by atoms with Crippen LogP contribution >= 0.6 is 0 Å². The van der Waals surface area contributed by atoms with Crippen molar-refractivity contribution in [3.05, 3.63) is 35.5 Å². The second-order valence-corrected chi connectivity index (χ2v) is 8.03. The van der Waals surface area contributed by atoms with E-state index in [4.69, 9.17) is 0 Å². The topological polar surface area (TPSA) is 20.2 Å². The Balaban J connectivity index is 1.81. The molecule has 3 rings (SSSR count). The lowest BCUT2D eigenvalue weighted by atomic mass is 9.63. The summed E-state index contributed by atoms with van der Waals surface area (Å²) in [7, 11) is 0. The van der Waals surface area contributed by atoms with E-state index in [-0.39, 0.29) is 6.10 Å². The molecule has 0 radical (unpaired) electrons. The molecule has 4 atom stereocenters. The van der Waals surface area contributed by atoms with Gasteiger partial charge in [-0.3, -0.25) is 0 Å². The highest BCUT2D eigenvalue weighted by Gasteiger charge is 2.48. The molecule has 0 aromatic rings. The number of hydrogen-bond acceptors (Lipinski definition) is 1.